The van der Waals surface area contributed by atoms with Gasteiger partial charge in [-0.3, -0.25) is 4.79 Å². The zero-order valence-corrected chi connectivity index (χ0v) is 11.0. The third-order valence-corrected chi connectivity index (χ3v) is 4.38. The van der Waals surface area contributed by atoms with E-state index in [1.165, 1.54) is 0 Å². The molecule has 0 aliphatic rings. The van der Waals surface area contributed by atoms with E-state index in [9.17, 15) is 9.90 Å². The Kier molecular flexibility index (Phi) is 4.83. The van der Waals surface area contributed by atoms with E-state index in [1.807, 2.05) is 13.0 Å². The first-order chi connectivity index (χ1) is 7.04. The molecule has 0 amide bonds. The molecule has 0 saturated heterocycles. The second-order valence-electron chi connectivity index (χ2n) is 3.37. The summed E-state index contributed by atoms with van der Waals surface area (Å²) in [5.41, 5.74) is 0.649. The van der Waals surface area contributed by atoms with Gasteiger partial charge in [-0.15, -0.1) is 11.8 Å². The number of rotatable bonds is 4. The highest BCUT2D eigenvalue weighted by Gasteiger charge is 2.12. The summed E-state index contributed by atoms with van der Waals surface area (Å²) in [7, 11) is 0. The summed E-state index contributed by atoms with van der Waals surface area (Å²) in [6.45, 7) is 3.74. The third kappa shape index (κ3) is 3.63. The molecule has 0 radical (unpaired) electrons. The van der Waals surface area contributed by atoms with Crippen LogP contribution in [0.3, 0.4) is 0 Å². The maximum absolute atomic E-state index is 10.5. The van der Waals surface area contributed by atoms with Crippen LogP contribution in [0, 0.1) is 0 Å². The Bertz CT molecular complexity index is 352. The molecule has 2 unspecified atom stereocenters. The van der Waals surface area contributed by atoms with Crippen LogP contribution < -0.4 is 0 Å². The Morgan fingerprint density at radius 3 is 2.60 bits per heavy atom. The topological polar surface area (TPSA) is 37.3 Å². The van der Waals surface area contributed by atoms with Gasteiger partial charge in [0.1, 0.15) is 6.29 Å². The van der Waals surface area contributed by atoms with Crippen LogP contribution in [0.25, 0.3) is 0 Å². The standard InChI is InChI=1S/C11H13BrO2S/c1-7(14)8(2)15-11-4-3-9(6-13)5-10(11)12/h3-8,14H,1-2H3. The molecule has 0 fully saturated rings. The van der Waals surface area contributed by atoms with Crippen molar-refractivity contribution in [2.45, 2.75) is 30.1 Å². The first-order valence-corrected chi connectivity index (χ1v) is 6.31. The van der Waals surface area contributed by atoms with Gasteiger partial charge in [-0.25, -0.2) is 0 Å². The highest BCUT2D eigenvalue weighted by atomic mass is 79.9. The molecule has 2 nitrogen and oxygen atoms in total. The normalized spacial score (nSPS) is 14.7. The van der Waals surface area contributed by atoms with E-state index in [0.717, 1.165) is 15.7 Å². The van der Waals surface area contributed by atoms with E-state index in [1.54, 1.807) is 30.8 Å². The second-order valence-corrected chi connectivity index (χ2v) is 5.64. The van der Waals surface area contributed by atoms with Crippen molar-refractivity contribution in [3.63, 3.8) is 0 Å². The van der Waals surface area contributed by atoms with Crippen molar-refractivity contribution in [3.8, 4) is 0 Å². The molecule has 15 heavy (non-hydrogen) atoms. The Labute approximate surface area is 102 Å². The van der Waals surface area contributed by atoms with Gasteiger partial charge in [-0.05, 0) is 35.0 Å². The SMILES string of the molecule is CC(O)C(C)Sc1ccc(C=O)cc1Br. The van der Waals surface area contributed by atoms with E-state index in [0.29, 0.717) is 5.56 Å². The molecule has 1 rings (SSSR count). The van der Waals surface area contributed by atoms with Crippen LogP contribution in [0.4, 0.5) is 0 Å². The van der Waals surface area contributed by atoms with Crippen molar-refractivity contribution in [3.05, 3.63) is 28.2 Å². The summed E-state index contributed by atoms with van der Waals surface area (Å²) in [5, 5.41) is 9.51. The molecule has 0 aliphatic carbocycles. The monoisotopic (exact) mass is 288 g/mol. The summed E-state index contributed by atoms with van der Waals surface area (Å²) in [5.74, 6) is 0. The fourth-order valence-electron chi connectivity index (χ4n) is 0.985. The molecule has 1 aromatic rings. The van der Waals surface area contributed by atoms with E-state index in [2.05, 4.69) is 15.9 Å². The number of benzene rings is 1. The number of aliphatic hydroxyl groups is 1. The predicted octanol–water partition coefficient (Wildman–Crippen LogP) is 3.12. The van der Waals surface area contributed by atoms with Gasteiger partial charge >= 0.3 is 0 Å². The summed E-state index contributed by atoms with van der Waals surface area (Å²) >= 11 is 4.99. The fourth-order valence-corrected chi connectivity index (χ4v) is 2.58. The number of carbonyl (C=O) groups is 1. The minimum atomic E-state index is -0.354. The van der Waals surface area contributed by atoms with E-state index in [4.69, 9.17) is 0 Å². The molecule has 0 spiro atoms. The third-order valence-electron chi connectivity index (χ3n) is 2.08. The number of aliphatic hydroxyl groups excluding tert-OH is 1. The molecule has 1 aromatic carbocycles. The van der Waals surface area contributed by atoms with Crippen molar-refractivity contribution in [1.29, 1.82) is 0 Å². The lowest BCUT2D eigenvalue weighted by Crippen LogP contribution is -2.14. The van der Waals surface area contributed by atoms with E-state index >= 15 is 0 Å². The lowest BCUT2D eigenvalue weighted by molar-refractivity contribution is 0.112. The minimum Gasteiger partial charge on any atom is -0.392 e. The van der Waals surface area contributed by atoms with Crippen LogP contribution in [0.15, 0.2) is 27.6 Å². The van der Waals surface area contributed by atoms with E-state index < -0.39 is 0 Å². The number of thioether (sulfide) groups is 1. The Balaban J connectivity index is 2.82. The van der Waals surface area contributed by atoms with Gasteiger partial charge in [0.15, 0.2) is 0 Å². The summed E-state index contributed by atoms with van der Waals surface area (Å²) in [6, 6.07) is 5.44. The number of aldehydes is 1. The molecule has 4 heteroatoms. The lowest BCUT2D eigenvalue weighted by atomic mass is 10.2. The van der Waals surface area contributed by atoms with Crippen molar-refractivity contribution >= 4 is 34.0 Å². The highest BCUT2D eigenvalue weighted by Crippen LogP contribution is 2.32. The Morgan fingerprint density at radius 1 is 1.47 bits per heavy atom. The Hall–Kier alpha value is -0.320. The van der Waals surface area contributed by atoms with Crippen molar-refractivity contribution in [2.75, 3.05) is 0 Å². The molecule has 0 aliphatic heterocycles. The van der Waals surface area contributed by atoms with Crippen molar-refractivity contribution in [2.24, 2.45) is 0 Å². The average molecular weight is 289 g/mol. The molecule has 0 saturated carbocycles. The van der Waals surface area contributed by atoms with Crippen LogP contribution in [0.2, 0.25) is 0 Å². The molecule has 82 valence electrons. The van der Waals surface area contributed by atoms with Gasteiger partial charge in [-0.2, -0.15) is 0 Å². The minimum absolute atomic E-state index is 0.128. The maximum Gasteiger partial charge on any atom is 0.150 e. The molecular formula is C11H13BrO2S. The molecule has 0 heterocycles. The van der Waals surface area contributed by atoms with Crippen LogP contribution in [-0.4, -0.2) is 22.7 Å². The second kappa shape index (κ2) is 5.68. The van der Waals surface area contributed by atoms with Gasteiger partial charge in [0.05, 0.1) is 6.10 Å². The smallest absolute Gasteiger partial charge is 0.150 e. The summed E-state index contributed by atoms with van der Waals surface area (Å²) < 4.78 is 0.893. The average Bonchev–Trinajstić information content (AvgIpc) is 2.20. The van der Waals surface area contributed by atoms with Crippen LogP contribution in [0.1, 0.15) is 24.2 Å². The quantitative estimate of drug-likeness (QED) is 0.683. The van der Waals surface area contributed by atoms with Gasteiger partial charge in [0.25, 0.3) is 0 Å². The first kappa shape index (κ1) is 12.7. The first-order valence-electron chi connectivity index (χ1n) is 4.64. The molecule has 2 atom stereocenters. The number of hydrogen-bond acceptors (Lipinski definition) is 3. The highest BCUT2D eigenvalue weighted by molar-refractivity contribution is 9.10. The zero-order valence-electron chi connectivity index (χ0n) is 8.61. The molecule has 0 aromatic heterocycles. The van der Waals surface area contributed by atoms with E-state index in [-0.39, 0.29) is 11.4 Å². The van der Waals surface area contributed by atoms with Crippen LogP contribution in [-0.2, 0) is 0 Å². The predicted molar refractivity (Wildman–Crippen MR) is 66.5 cm³/mol. The Morgan fingerprint density at radius 2 is 2.13 bits per heavy atom. The van der Waals surface area contributed by atoms with Gasteiger partial charge in [0, 0.05) is 20.2 Å². The van der Waals surface area contributed by atoms with Gasteiger partial charge < -0.3 is 5.11 Å². The largest absolute Gasteiger partial charge is 0.392 e. The zero-order chi connectivity index (χ0) is 11.4. The number of hydrogen-bond donors (Lipinski definition) is 1. The maximum atomic E-state index is 10.5. The van der Waals surface area contributed by atoms with Crippen molar-refractivity contribution in [1.82, 2.24) is 0 Å². The van der Waals surface area contributed by atoms with Crippen LogP contribution >= 0.6 is 27.7 Å². The molecule has 1 N–H and O–H groups in total. The van der Waals surface area contributed by atoms with Gasteiger partial charge in [-0.1, -0.05) is 13.0 Å². The van der Waals surface area contributed by atoms with Gasteiger partial charge in [0.2, 0.25) is 0 Å². The molecule has 0 bridgehead atoms. The van der Waals surface area contributed by atoms with Crippen LogP contribution in [0.5, 0.6) is 0 Å². The van der Waals surface area contributed by atoms with Crippen molar-refractivity contribution < 1.29 is 9.90 Å². The fraction of sp³-hybridized carbons (Fsp3) is 0.364. The number of halogens is 1. The summed E-state index contributed by atoms with van der Waals surface area (Å²) in [4.78, 5) is 11.6. The number of carbonyl (C=O) groups excluding carboxylic acids is 1. The lowest BCUT2D eigenvalue weighted by Gasteiger charge is -2.14. The summed E-state index contributed by atoms with van der Waals surface area (Å²) in [6.07, 6.45) is 0.463. The molecular weight excluding hydrogens is 276 g/mol.